The van der Waals surface area contributed by atoms with Crippen molar-refractivity contribution in [1.82, 2.24) is 15.5 Å². The van der Waals surface area contributed by atoms with Gasteiger partial charge in [0, 0.05) is 24.7 Å². The zero-order valence-corrected chi connectivity index (χ0v) is 18.6. The Morgan fingerprint density at radius 1 is 1.16 bits per heavy atom. The minimum atomic E-state index is -0.671. The van der Waals surface area contributed by atoms with Gasteiger partial charge in [-0.1, -0.05) is 19.1 Å². The topological polar surface area (TPSA) is 78.5 Å². The molecule has 1 aromatic heterocycles. The SMILES string of the molecule is CC[C@@H](C)NC(=O)[C@H](NC(=O)c1cccs1)C1CCN(C(=O)c2cccc(F)c2)CC1. The van der Waals surface area contributed by atoms with Gasteiger partial charge in [0.05, 0.1) is 4.88 Å². The summed E-state index contributed by atoms with van der Waals surface area (Å²) in [6.07, 6.45) is 1.94. The molecule has 2 heterocycles. The molecule has 0 bridgehead atoms. The van der Waals surface area contributed by atoms with Crippen LogP contribution >= 0.6 is 11.3 Å². The van der Waals surface area contributed by atoms with Crippen LogP contribution in [0.4, 0.5) is 4.39 Å². The lowest BCUT2D eigenvalue weighted by Crippen LogP contribution is -2.55. The van der Waals surface area contributed by atoms with E-state index < -0.39 is 11.9 Å². The van der Waals surface area contributed by atoms with E-state index in [1.165, 1.54) is 29.5 Å². The second-order valence-corrected chi connectivity index (χ2v) is 8.83. The second kappa shape index (κ2) is 10.5. The molecule has 0 saturated carbocycles. The van der Waals surface area contributed by atoms with Gasteiger partial charge < -0.3 is 15.5 Å². The van der Waals surface area contributed by atoms with E-state index in [4.69, 9.17) is 0 Å². The van der Waals surface area contributed by atoms with Crippen LogP contribution in [-0.4, -0.2) is 47.8 Å². The summed E-state index contributed by atoms with van der Waals surface area (Å²) in [5.41, 5.74) is 0.315. The molecule has 0 radical (unpaired) electrons. The maximum absolute atomic E-state index is 13.5. The molecule has 1 aromatic carbocycles. The molecule has 0 unspecified atom stereocenters. The molecule has 0 aliphatic carbocycles. The molecule has 31 heavy (non-hydrogen) atoms. The van der Waals surface area contributed by atoms with Crippen LogP contribution in [0.3, 0.4) is 0 Å². The Hall–Kier alpha value is -2.74. The number of halogens is 1. The van der Waals surface area contributed by atoms with Crippen LogP contribution in [-0.2, 0) is 4.79 Å². The first-order valence-corrected chi connectivity index (χ1v) is 11.5. The van der Waals surface area contributed by atoms with Crippen molar-refractivity contribution < 1.29 is 18.8 Å². The Labute approximate surface area is 185 Å². The number of nitrogens with one attached hydrogen (secondary N) is 2. The lowest BCUT2D eigenvalue weighted by Gasteiger charge is -2.36. The highest BCUT2D eigenvalue weighted by atomic mass is 32.1. The lowest BCUT2D eigenvalue weighted by molar-refractivity contribution is -0.125. The maximum atomic E-state index is 13.5. The summed E-state index contributed by atoms with van der Waals surface area (Å²) in [7, 11) is 0. The van der Waals surface area contributed by atoms with Crippen molar-refractivity contribution >= 4 is 29.1 Å². The predicted molar refractivity (Wildman–Crippen MR) is 118 cm³/mol. The van der Waals surface area contributed by atoms with Crippen LogP contribution in [0, 0.1) is 11.7 Å². The zero-order chi connectivity index (χ0) is 22.4. The molecule has 2 N–H and O–H groups in total. The normalized spacial score (nSPS) is 16.4. The minimum Gasteiger partial charge on any atom is -0.352 e. The van der Waals surface area contributed by atoms with Crippen molar-refractivity contribution in [3.63, 3.8) is 0 Å². The van der Waals surface area contributed by atoms with Gasteiger partial charge in [-0.3, -0.25) is 14.4 Å². The van der Waals surface area contributed by atoms with E-state index >= 15 is 0 Å². The summed E-state index contributed by atoms with van der Waals surface area (Å²) in [6, 6.07) is 8.51. The molecular weight excluding hydrogens is 417 g/mol. The third kappa shape index (κ3) is 5.91. The van der Waals surface area contributed by atoms with Crippen molar-refractivity contribution in [2.75, 3.05) is 13.1 Å². The van der Waals surface area contributed by atoms with Crippen LogP contribution in [0.2, 0.25) is 0 Å². The van der Waals surface area contributed by atoms with Crippen molar-refractivity contribution in [2.45, 2.75) is 45.2 Å². The van der Waals surface area contributed by atoms with E-state index in [2.05, 4.69) is 10.6 Å². The maximum Gasteiger partial charge on any atom is 0.262 e. The quantitative estimate of drug-likeness (QED) is 0.685. The lowest BCUT2D eigenvalue weighted by atomic mass is 9.88. The number of thiophene rings is 1. The molecule has 8 heteroatoms. The number of benzene rings is 1. The third-order valence-corrected chi connectivity index (χ3v) is 6.55. The summed E-state index contributed by atoms with van der Waals surface area (Å²) in [5, 5.41) is 7.70. The summed E-state index contributed by atoms with van der Waals surface area (Å²) in [5.74, 6) is -1.23. The number of hydrogen-bond acceptors (Lipinski definition) is 4. The van der Waals surface area contributed by atoms with Gasteiger partial charge >= 0.3 is 0 Å². The van der Waals surface area contributed by atoms with E-state index in [0.717, 1.165) is 6.42 Å². The second-order valence-electron chi connectivity index (χ2n) is 7.89. The molecule has 6 nitrogen and oxygen atoms in total. The predicted octanol–water partition coefficient (Wildman–Crippen LogP) is 3.45. The third-order valence-electron chi connectivity index (χ3n) is 5.68. The Morgan fingerprint density at radius 2 is 1.90 bits per heavy atom. The number of nitrogens with zero attached hydrogens (tertiary/aromatic N) is 1. The van der Waals surface area contributed by atoms with Crippen molar-refractivity contribution in [3.8, 4) is 0 Å². The number of likely N-dealkylation sites (tertiary alicyclic amines) is 1. The average Bonchev–Trinajstić information content (AvgIpc) is 3.32. The monoisotopic (exact) mass is 445 g/mol. The van der Waals surface area contributed by atoms with Crippen LogP contribution in [0.5, 0.6) is 0 Å². The number of carbonyl (C=O) groups is 3. The molecule has 3 rings (SSSR count). The standard InChI is InChI=1S/C23H28FN3O3S/c1-3-15(2)25-22(29)20(26-21(28)19-8-5-13-31-19)16-9-11-27(12-10-16)23(30)17-6-4-7-18(24)14-17/h4-8,13-16,20H,3,9-12H2,1-2H3,(H,25,29)(H,26,28)/t15-,20-/m1/s1. The minimum absolute atomic E-state index is 0.00304. The number of piperidine rings is 1. The van der Waals surface area contributed by atoms with Gasteiger partial charge in [0.1, 0.15) is 11.9 Å². The van der Waals surface area contributed by atoms with E-state index in [1.54, 1.807) is 23.1 Å². The number of amides is 3. The molecular formula is C23H28FN3O3S. The van der Waals surface area contributed by atoms with Gasteiger partial charge in [-0.05, 0) is 61.7 Å². The zero-order valence-electron chi connectivity index (χ0n) is 17.8. The van der Waals surface area contributed by atoms with Crippen molar-refractivity contribution in [1.29, 1.82) is 0 Å². The fourth-order valence-corrected chi connectivity index (χ4v) is 4.32. The molecule has 2 aromatic rings. The van der Waals surface area contributed by atoms with Crippen LogP contribution in [0.1, 0.15) is 53.1 Å². The fraction of sp³-hybridized carbons (Fsp3) is 0.435. The number of rotatable bonds is 7. The van der Waals surface area contributed by atoms with Crippen LogP contribution < -0.4 is 10.6 Å². The molecule has 1 saturated heterocycles. The highest BCUT2D eigenvalue weighted by molar-refractivity contribution is 7.12. The van der Waals surface area contributed by atoms with Crippen molar-refractivity contribution in [3.05, 3.63) is 58.0 Å². The first kappa shape index (κ1) is 22.9. The number of carbonyl (C=O) groups excluding carboxylic acids is 3. The summed E-state index contributed by atoms with van der Waals surface area (Å²) >= 11 is 1.33. The first-order chi connectivity index (χ1) is 14.9. The van der Waals surface area contributed by atoms with Gasteiger partial charge in [-0.25, -0.2) is 4.39 Å². The Kier molecular flexibility index (Phi) is 7.79. The number of hydrogen-bond donors (Lipinski definition) is 2. The van der Waals surface area contributed by atoms with Crippen LogP contribution in [0.15, 0.2) is 41.8 Å². The van der Waals surface area contributed by atoms with Crippen molar-refractivity contribution in [2.24, 2.45) is 5.92 Å². The molecule has 0 spiro atoms. The largest absolute Gasteiger partial charge is 0.352 e. The fourth-order valence-electron chi connectivity index (χ4n) is 3.69. The molecule has 166 valence electrons. The van der Waals surface area contributed by atoms with E-state index in [-0.39, 0.29) is 29.7 Å². The highest BCUT2D eigenvalue weighted by Crippen LogP contribution is 2.23. The van der Waals surface area contributed by atoms with Gasteiger partial charge in [0.2, 0.25) is 5.91 Å². The van der Waals surface area contributed by atoms with E-state index in [1.807, 2.05) is 19.2 Å². The van der Waals surface area contributed by atoms with Gasteiger partial charge in [0.25, 0.3) is 11.8 Å². The first-order valence-electron chi connectivity index (χ1n) is 10.6. The van der Waals surface area contributed by atoms with Gasteiger partial charge in [-0.15, -0.1) is 11.3 Å². The average molecular weight is 446 g/mol. The van der Waals surface area contributed by atoms with Gasteiger partial charge in [0.15, 0.2) is 0 Å². The Morgan fingerprint density at radius 3 is 2.52 bits per heavy atom. The molecule has 2 atom stereocenters. The summed E-state index contributed by atoms with van der Waals surface area (Å²) in [4.78, 5) is 40.5. The summed E-state index contributed by atoms with van der Waals surface area (Å²) in [6.45, 7) is 4.81. The highest BCUT2D eigenvalue weighted by Gasteiger charge is 2.34. The Bertz CT molecular complexity index is 911. The van der Waals surface area contributed by atoms with Gasteiger partial charge in [-0.2, -0.15) is 0 Å². The smallest absolute Gasteiger partial charge is 0.262 e. The molecule has 1 aliphatic heterocycles. The Balaban J connectivity index is 1.67. The molecule has 1 fully saturated rings. The van der Waals surface area contributed by atoms with E-state index in [0.29, 0.717) is 36.4 Å². The van der Waals surface area contributed by atoms with Crippen LogP contribution in [0.25, 0.3) is 0 Å². The molecule has 3 amide bonds. The summed E-state index contributed by atoms with van der Waals surface area (Å²) < 4.78 is 13.5. The van der Waals surface area contributed by atoms with E-state index in [9.17, 15) is 18.8 Å². The molecule has 1 aliphatic rings.